The van der Waals surface area contributed by atoms with E-state index < -0.39 is 23.1 Å². The minimum Gasteiger partial charge on any atom is -0.383 e. The van der Waals surface area contributed by atoms with Crippen LogP contribution < -0.4 is 0 Å². The Hall–Kier alpha value is -1.56. The van der Waals surface area contributed by atoms with Crippen LogP contribution in [0, 0.1) is 0 Å². The first-order valence-electron chi connectivity index (χ1n) is 5.40. The van der Waals surface area contributed by atoms with Crippen LogP contribution in [0.15, 0.2) is 29.4 Å². The summed E-state index contributed by atoms with van der Waals surface area (Å²) in [5, 5.41) is 2.75. The van der Waals surface area contributed by atoms with Crippen LogP contribution in [0.25, 0.3) is 0 Å². The van der Waals surface area contributed by atoms with Crippen molar-refractivity contribution in [3.05, 3.63) is 35.4 Å². The Kier molecular flexibility index (Phi) is 5.35. The highest BCUT2D eigenvalue weighted by atomic mass is 35.5. The molecule has 1 aromatic rings. The molecule has 0 radical (unpaired) electrons. The van der Waals surface area contributed by atoms with Gasteiger partial charge in [-0.15, -0.1) is 0 Å². The van der Waals surface area contributed by atoms with Crippen molar-refractivity contribution in [3.8, 4) is 0 Å². The molecule has 0 aliphatic rings. The zero-order chi connectivity index (χ0) is 14.5. The van der Waals surface area contributed by atoms with Crippen molar-refractivity contribution >= 4 is 23.1 Å². The maximum Gasteiger partial charge on any atom is 0.416 e. The predicted molar refractivity (Wildman–Crippen MR) is 65.1 cm³/mol. The van der Waals surface area contributed by atoms with Gasteiger partial charge in [0, 0.05) is 0 Å². The van der Waals surface area contributed by atoms with Gasteiger partial charge in [0.05, 0.1) is 11.8 Å². The molecule has 0 aromatic heterocycles. The number of carbonyl (C=O) groups excluding carboxylic acids is 1. The fourth-order valence-corrected chi connectivity index (χ4v) is 1.43. The van der Waals surface area contributed by atoms with Crippen LogP contribution in [0.5, 0.6) is 0 Å². The molecule has 0 aliphatic carbocycles. The molecule has 19 heavy (non-hydrogen) atoms. The average Bonchev–Trinajstić information content (AvgIpc) is 2.33. The second-order valence-electron chi connectivity index (χ2n) is 3.66. The number of hydrogen-bond acceptors (Lipinski definition) is 3. The van der Waals surface area contributed by atoms with Crippen molar-refractivity contribution in [1.29, 1.82) is 0 Å². The summed E-state index contributed by atoms with van der Waals surface area (Å²) < 4.78 is 37.3. The molecule has 0 amide bonds. The molecular weight excluding hydrogens is 283 g/mol. The van der Waals surface area contributed by atoms with Gasteiger partial charge in [-0.25, -0.2) is 0 Å². The average molecular weight is 294 g/mol. The van der Waals surface area contributed by atoms with Gasteiger partial charge in [-0.1, -0.05) is 24.2 Å². The van der Waals surface area contributed by atoms with E-state index in [4.69, 9.17) is 16.4 Å². The highest BCUT2D eigenvalue weighted by molar-refractivity contribution is 6.64. The fraction of sp³-hybridized carbons (Fsp3) is 0.333. The molecule has 1 aromatic carbocycles. The van der Waals surface area contributed by atoms with Crippen molar-refractivity contribution in [2.45, 2.75) is 25.6 Å². The molecule has 0 spiro atoms. The van der Waals surface area contributed by atoms with Crippen LogP contribution in [0.1, 0.15) is 24.5 Å². The van der Waals surface area contributed by atoms with E-state index in [0.717, 1.165) is 18.3 Å². The molecule has 1 rings (SSSR count). The Morgan fingerprint density at radius 1 is 1.53 bits per heavy atom. The maximum atomic E-state index is 12.4. The first-order valence-corrected chi connectivity index (χ1v) is 5.78. The van der Waals surface area contributed by atoms with E-state index in [9.17, 15) is 18.0 Å². The van der Waals surface area contributed by atoms with Gasteiger partial charge < -0.3 is 4.84 Å². The summed E-state index contributed by atoms with van der Waals surface area (Å²) in [5.41, 5.74) is -0.566. The van der Waals surface area contributed by atoms with Crippen LogP contribution in [-0.4, -0.2) is 17.6 Å². The fourth-order valence-electron chi connectivity index (χ4n) is 1.24. The Morgan fingerprint density at radius 2 is 2.21 bits per heavy atom. The van der Waals surface area contributed by atoms with Gasteiger partial charge in [-0.2, -0.15) is 13.2 Å². The predicted octanol–water partition coefficient (Wildman–Crippen LogP) is 3.60. The minimum atomic E-state index is -4.41. The lowest BCUT2D eigenvalue weighted by Gasteiger charge is -2.08. The molecule has 3 nitrogen and oxygen atoms in total. The standard InChI is InChI=1S/C12H11ClF3NO2/c1-2-10(11(13)18)19-17-7-8-4-3-5-9(6-8)12(14,15)16/h3-7,10H,2H2,1H3. The van der Waals surface area contributed by atoms with Crippen molar-refractivity contribution in [3.63, 3.8) is 0 Å². The SMILES string of the molecule is CCC(ON=Cc1cccc(C(F)(F)F)c1)C(=O)Cl. The zero-order valence-corrected chi connectivity index (χ0v) is 10.7. The topological polar surface area (TPSA) is 38.7 Å². The van der Waals surface area contributed by atoms with E-state index in [1.165, 1.54) is 12.1 Å². The van der Waals surface area contributed by atoms with Gasteiger partial charge in [0.15, 0.2) is 6.10 Å². The first-order chi connectivity index (χ1) is 8.84. The van der Waals surface area contributed by atoms with Crippen LogP contribution in [0.3, 0.4) is 0 Å². The number of nitrogens with zero attached hydrogens (tertiary/aromatic N) is 1. The van der Waals surface area contributed by atoms with Gasteiger partial charge in [-0.05, 0) is 35.7 Å². The van der Waals surface area contributed by atoms with Gasteiger partial charge in [0.2, 0.25) is 0 Å². The van der Waals surface area contributed by atoms with Gasteiger partial charge in [0.1, 0.15) is 0 Å². The molecule has 0 fully saturated rings. The molecular formula is C12H11ClF3NO2. The van der Waals surface area contributed by atoms with E-state index in [1.54, 1.807) is 6.92 Å². The largest absolute Gasteiger partial charge is 0.416 e. The van der Waals surface area contributed by atoms with Gasteiger partial charge >= 0.3 is 6.18 Å². The van der Waals surface area contributed by atoms with Crippen molar-refractivity contribution in [2.24, 2.45) is 5.16 Å². The van der Waals surface area contributed by atoms with E-state index in [-0.39, 0.29) is 5.56 Å². The second kappa shape index (κ2) is 6.56. The first kappa shape index (κ1) is 15.5. The lowest BCUT2D eigenvalue weighted by Crippen LogP contribution is -2.16. The van der Waals surface area contributed by atoms with Crippen LogP contribution in [-0.2, 0) is 15.8 Å². The molecule has 7 heteroatoms. The van der Waals surface area contributed by atoms with Crippen molar-refractivity contribution < 1.29 is 22.8 Å². The Morgan fingerprint density at radius 3 is 2.74 bits per heavy atom. The lowest BCUT2D eigenvalue weighted by atomic mass is 10.1. The number of alkyl halides is 3. The third-order valence-electron chi connectivity index (χ3n) is 2.23. The van der Waals surface area contributed by atoms with E-state index in [0.29, 0.717) is 6.42 Å². The number of hydrogen-bond donors (Lipinski definition) is 0. The number of rotatable bonds is 5. The third kappa shape index (κ3) is 4.90. The molecule has 1 atom stereocenters. The number of oxime groups is 1. The Bertz CT molecular complexity index is 474. The zero-order valence-electron chi connectivity index (χ0n) is 9.95. The van der Waals surface area contributed by atoms with Gasteiger partial charge in [0.25, 0.3) is 5.24 Å². The summed E-state index contributed by atoms with van der Waals surface area (Å²) >= 11 is 5.22. The number of benzene rings is 1. The number of halogens is 4. The molecule has 0 heterocycles. The Balaban J connectivity index is 2.75. The summed E-state index contributed by atoms with van der Waals surface area (Å²) in [5.74, 6) is 0. The quantitative estimate of drug-likeness (QED) is 0.473. The summed E-state index contributed by atoms with van der Waals surface area (Å²) in [6.45, 7) is 1.67. The van der Waals surface area contributed by atoms with E-state index in [2.05, 4.69) is 5.16 Å². The highest BCUT2D eigenvalue weighted by Crippen LogP contribution is 2.29. The second-order valence-corrected chi connectivity index (χ2v) is 4.04. The molecule has 0 bridgehead atoms. The van der Waals surface area contributed by atoms with E-state index in [1.807, 2.05) is 0 Å². The van der Waals surface area contributed by atoms with Gasteiger partial charge in [-0.3, -0.25) is 4.79 Å². The summed E-state index contributed by atoms with van der Waals surface area (Å²) in [4.78, 5) is 15.6. The summed E-state index contributed by atoms with van der Waals surface area (Å²) in [7, 11) is 0. The molecule has 0 saturated heterocycles. The van der Waals surface area contributed by atoms with Crippen LogP contribution in [0.4, 0.5) is 13.2 Å². The lowest BCUT2D eigenvalue weighted by molar-refractivity contribution is -0.137. The molecule has 0 aliphatic heterocycles. The highest BCUT2D eigenvalue weighted by Gasteiger charge is 2.30. The monoisotopic (exact) mass is 293 g/mol. The third-order valence-corrected chi connectivity index (χ3v) is 2.47. The molecule has 0 saturated carbocycles. The van der Waals surface area contributed by atoms with Crippen LogP contribution >= 0.6 is 11.6 Å². The van der Waals surface area contributed by atoms with Crippen molar-refractivity contribution in [1.82, 2.24) is 0 Å². The smallest absolute Gasteiger partial charge is 0.383 e. The summed E-state index contributed by atoms with van der Waals surface area (Å²) in [6, 6.07) is 4.57. The van der Waals surface area contributed by atoms with Crippen molar-refractivity contribution in [2.75, 3.05) is 0 Å². The van der Waals surface area contributed by atoms with Crippen LogP contribution in [0.2, 0.25) is 0 Å². The Labute approximate surface area is 113 Å². The maximum absolute atomic E-state index is 12.4. The van der Waals surface area contributed by atoms with E-state index >= 15 is 0 Å². The minimum absolute atomic E-state index is 0.215. The summed E-state index contributed by atoms with van der Waals surface area (Å²) in [6.07, 6.45) is -3.90. The molecule has 1 unspecified atom stereocenters. The number of carbonyl (C=O) groups is 1. The molecule has 0 N–H and O–H groups in total. The molecule has 104 valence electrons. The normalized spacial score (nSPS) is 13.5.